The van der Waals surface area contributed by atoms with Crippen molar-refractivity contribution in [1.29, 1.82) is 0 Å². The van der Waals surface area contributed by atoms with Gasteiger partial charge in [-0.3, -0.25) is 0 Å². The number of hydrogen-bond donors (Lipinski definition) is 1. The number of nitrogens with zero attached hydrogens (tertiary/aromatic N) is 3. The van der Waals surface area contributed by atoms with Crippen molar-refractivity contribution < 1.29 is 19.1 Å². The number of thioether (sulfide) groups is 1. The number of ether oxygens (including phenoxy) is 2. The second kappa shape index (κ2) is 10.2. The molecule has 1 saturated heterocycles. The maximum Gasteiger partial charge on any atom is 0.408 e. The molecule has 3 aliphatic rings. The number of fused-ring (bicyclic) bond motifs is 1. The summed E-state index contributed by atoms with van der Waals surface area (Å²) in [5.74, 6) is 1.87. The van der Waals surface area contributed by atoms with Gasteiger partial charge in [0.2, 0.25) is 0 Å². The van der Waals surface area contributed by atoms with E-state index in [1.807, 2.05) is 26.8 Å². The maximum atomic E-state index is 12.8. The first-order chi connectivity index (χ1) is 17.7. The van der Waals surface area contributed by atoms with Gasteiger partial charge in [0.25, 0.3) is 0 Å². The Balaban J connectivity index is 1.35. The smallest absolute Gasteiger partial charge is 0.408 e. The minimum absolute atomic E-state index is 0.129. The van der Waals surface area contributed by atoms with Crippen LogP contribution in [0.25, 0.3) is 0 Å². The fourth-order valence-electron chi connectivity index (χ4n) is 5.46. The highest BCUT2D eigenvalue weighted by Gasteiger charge is 2.49. The number of anilines is 1. The molecule has 0 radical (unpaired) electrons. The van der Waals surface area contributed by atoms with Gasteiger partial charge in [-0.05, 0) is 69.9 Å². The molecule has 1 spiro atoms. The molecular formula is C28H36N4O4S. The summed E-state index contributed by atoms with van der Waals surface area (Å²) in [6.45, 7) is 7.03. The van der Waals surface area contributed by atoms with Gasteiger partial charge in [-0.15, -0.1) is 11.8 Å². The number of alkyl carbamates (subject to hydrolysis) is 1. The topological polar surface area (TPSA) is 93.6 Å². The lowest BCUT2D eigenvalue weighted by molar-refractivity contribution is 0.0426. The molecule has 9 heteroatoms. The van der Waals surface area contributed by atoms with E-state index in [2.05, 4.69) is 38.4 Å². The molecular weight excluding hydrogens is 488 g/mol. The maximum absolute atomic E-state index is 12.8. The van der Waals surface area contributed by atoms with E-state index in [1.165, 1.54) is 25.5 Å². The Bertz CT molecular complexity index is 1170. The first kappa shape index (κ1) is 25.8. The number of benzene rings is 1. The van der Waals surface area contributed by atoms with Crippen molar-refractivity contribution in [3.05, 3.63) is 47.3 Å². The van der Waals surface area contributed by atoms with Crippen LogP contribution in [0.3, 0.4) is 0 Å². The number of carbonyl (C=O) groups is 2. The van der Waals surface area contributed by atoms with E-state index >= 15 is 0 Å². The van der Waals surface area contributed by atoms with Gasteiger partial charge >= 0.3 is 12.1 Å². The Morgan fingerprint density at radius 1 is 1.19 bits per heavy atom. The third kappa shape index (κ3) is 5.71. The SMILES string of the molecule is COC(=O)c1nc(SCC2CC2)cnc1N1CCC2(CC1)Cc1ccccc1[C@H]2NC(=O)OC(C)(C)C. The summed E-state index contributed by atoms with van der Waals surface area (Å²) in [5.41, 5.74) is 2.01. The van der Waals surface area contributed by atoms with Gasteiger partial charge in [0.1, 0.15) is 10.6 Å². The fourth-order valence-corrected chi connectivity index (χ4v) is 6.49. The highest BCUT2D eigenvalue weighted by molar-refractivity contribution is 7.99. The van der Waals surface area contributed by atoms with E-state index in [9.17, 15) is 9.59 Å². The predicted octanol–water partition coefficient (Wildman–Crippen LogP) is 5.17. The Labute approximate surface area is 222 Å². The lowest BCUT2D eigenvalue weighted by atomic mass is 9.72. The van der Waals surface area contributed by atoms with E-state index in [-0.39, 0.29) is 17.2 Å². The van der Waals surface area contributed by atoms with Crippen LogP contribution in [0.2, 0.25) is 0 Å². The van der Waals surface area contributed by atoms with E-state index in [0.717, 1.165) is 41.5 Å². The van der Waals surface area contributed by atoms with Crippen molar-refractivity contribution in [3.8, 4) is 0 Å². The number of hydrogen-bond acceptors (Lipinski definition) is 8. The van der Waals surface area contributed by atoms with Crippen LogP contribution in [0.1, 0.15) is 74.1 Å². The second-order valence-corrected chi connectivity index (χ2v) is 12.5. The Hall–Kier alpha value is -2.81. The zero-order valence-corrected chi connectivity index (χ0v) is 22.9. The molecule has 1 aliphatic heterocycles. The molecule has 198 valence electrons. The number of rotatable bonds is 6. The summed E-state index contributed by atoms with van der Waals surface area (Å²) >= 11 is 1.65. The Morgan fingerprint density at radius 2 is 1.92 bits per heavy atom. The summed E-state index contributed by atoms with van der Waals surface area (Å²) in [6.07, 6.45) is 6.48. The molecule has 1 N–H and O–H groups in total. The summed E-state index contributed by atoms with van der Waals surface area (Å²) in [4.78, 5) is 36.9. The van der Waals surface area contributed by atoms with Crippen LogP contribution in [0.4, 0.5) is 10.6 Å². The van der Waals surface area contributed by atoms with Crippen LogP contribution in [-0.4, -0.2) is 53.6 Å². The molecule has 1 aromatic heterocycles. The largest absolute Gasteiger partial charge is 0.464 e. The van der Waals surface area contributed by atoms with Crippen molar-refractivity contribution in [2.75, 3.05) is 30.9 Å². The molecule has 1 amide bonds. The van der Waals surface area contributed by atoms with E-state index in [4.69, 9.17) is 9.47 Å². The van der Waals surface area contributed by atoms with Crippen LogP contribution in [-0.2, 0) is 15.9 Å². The van der Waals surface area contributed by atoms with E-state index < -0.39 is 17.7 Å². The molecule has 2 aliphatic carbocycles. The zero-order valence-electron chi connectivity index (χ0n) is 22.1. The molecule has 5 rings (SSSR count). The van der Waals surface area contributed by atoms with Crippen LogP contribution in [0, 0.1) is 11.3 Å². The summed E-state index contributed by atoms with van der Waals surface area (Å²) in [6, 6.07) is 8.21. The lowest BCUT2D eigenvalue weighted by Crippen LogP contribution is -2.48. The third-order valence-corrected chi connectivity index (χ3v) is 8.65. The number of esters is 1. The fraction of sp³-hybridized carbons (Fsp3) is 0.571. The van der Waals surface area contributed by atoms with Gasteiger partial charge in [-0.25, -0.2) is 19.6 Å². The van der Waals surface area contributed by atoms with Crippen LogP contribution < -0.4 is 10.2 Å². The number of methoxy groups -OCH3 is 1. The number of carbonyl (C=O) groups excluding carboxylic acids is 2. The second-order valence-electron chi connectivity index (χ2n) is 11.4. The van der Waals surface area contributed by atoms with Gasteiger partial charge in [-0.1, -0.05) is 24.3 Å². The molecule has 37 heavy (non-hydrogen) atoms. The molecule has 0 unspecified atom stereocenters. The number of aromatic nitrogens is 2. The molecule has 2 aromatic rings. The van der Waals surface area contributed by atoms with Crippen molar-refractivity contribution in [2.45, 2.75) is 69.5 Å². The average molecular weight is 525 g/mol. The molecule has 8 nitrogen and oxygen atoms in total. The highest BCUT2D eigenvalue weighted by Crippen LogP contribution is 2.52. The summed E-state index contributed by atoms with van der Waals surface area (Å²) in [7, 11) is 1.38. The molecule has 1 aromatic carbocycles. The van der Waals surface area contributed by atoms with Crippen molar-refractivity contribution in [1.82, 2.24) is 15.3 Å². The van der Waals surface area contributed by atoms with Gasteiger partial charge < -0.3 is 19.7 Å². The number of piperidine rings is 1. The summed E-state index contributed by atoms with van der Waals surface area (Å²) < 4.78 is 10.7. The zero-order chi connectivity index (χ0) is 26.2. The first-order valence-electron chi connectivity index (χ1n) is 13.1. The van der Waals surface area contributed by atoms with Gasteiger partial charge in [0.15, 0.2) is 11.5 Å². The van der Waals surface area contributed by atoms with Crippen LogP contribution >= 0.6 is 11.8 Å². The quantitative estimate of drug-likeness (QED) is 0.408. The normalized spacial score (nSPS) is 20.4. The van der Waals surface area contributed by atoms with Gasteiger partial charge in [-0.2, -0.15) is 0 Å². The van der Waals surface area contributed by atoms with Crippen LogP contribution in [0.5, 0.6) is 0 Å². The monoisotopic (exact) mass is 524 g/mol. The van der Waals surface area contributed by atoms with Crippen molar-refractivity contribution in [3.63, 3.8) is 0 Å². The first-order valence-corrected chi connectivity index (χ1v) is 14.1. The molecule has 2 heterocycles. The van der Waals surface area contributed by atoms with Crippen molar-refractivity contribution >= 4 is 29.6 Å². The van der Waals surface area contributed by atoms with Crippen molar-refractivity contribution in [2.24, 2.45) is 11.3 Å². The van der Waals surface area contributed by atoms with Gasteiger partial charge in [0, 0.05) is 24.3 Å². The lowest BCUT2D eigenvalue weighted by Gasteiger charge is -2.44. The Morgan fingerprint density at radius 3 is 2.59 bits per heavy atom. The summed E-state index contributed by atoms with van der Waals surface area (Å²) in [5, 5.41) is 3.96. The minimum Gasteiger partial charge on any atom is -0.464 e. The third-order valence-electron chi connectivity index (χ3n) is 7.51. The molecule has 1 atom stereocenters. The number of nitrogens with one attached hydrogen (secondary N) is 1. The number of amides is 1. The average Bonchev–Trinajstić information content (AvgIpc) is 3.65. The standard InChI is InChI=1S/C28H36N4O4S/c1-27(2,3)36-26(34)31-23-20-8-6-5-7-19(20)15-28(23)11-13-32(14-12-28)24-22(25(33)35-4)30-21(16-29-24)37-17-18-9-10-18/h5-8,16,18,23H,9-15,17H2,1-4H3,(H,31,34)/t23-/m1/s1. The van der Waals surface area contributed by atoms with Gasteiger partial charge in [0.05, 0.1) is 19.3 Å². The molecule has 2 fully saturated rings. The molecule has 1 saturated carbocycles. The minimum atomic E-state index is -0.565. The molecule has 0 bridgehead atoms. The Kier molecular flexibility index (Phi) is 7.09. The highest BCUT2D eigenvalue weighted by atomic mass is 32.2. The van der Waals surface area contributed by atoms with E-state index in [0.29, 0.717) is 18.9 Å². The van der Waals surface area contributed by atoms with E-state index in [1.54, 1.807) is 18.0 Å². The predicted molar refractivity (Wildman–Crippen MR) is 143 cm³/mol. The van der Waals surface area contributed by atoms with Crippen LogP contribution in [0.15, 0.2) is 35.5 Å².